The third-order valence-electron chi connectivity index (χ3n) is 4.97. The molecule has 0 radical (unpaired) electrons. The zero-order chi connectivity index (χ0) is 19.8. The van der Waals surface area contributed by atoms with Crippen molar-refractivity contribution in [2.75, 3.05) is 32.5 Å². The van der Waals surface area contributed by atoms with Crippen LogP contribution in [0, 0.1) is 11.8 Å². The van der Waals surface area contributed by atoms with E-state index < -0.39 is 0 Å². The van der Waals surface area contributed by atoms with Gasteiger partial charge in [-0.2, -0.15) is 0 Å². The summed E-state index contributed by atoms with van der Waals surface area (Å²) in [7, 11) is 4.27. The first kappa shape index (κ1) is 20.0. The lowest BCUT2D eigenvalue weighted by molar-refractivity contribution is 0.394. The Kier molecular flexibility index (Phi) is 7.17. The lowest BCUT2D eigenvalue weighted by atomic mass is 10.1. The fourth-order valence-corrected chi connectivity index (χ4v) is 3.51. The van der Waals surface area contributed by atoms with Gasteiger partial charge < -0.3 is 14.8 Å². The molecule has 3 aromatic rings. The van der Waals surface area contributed by atoms with Crippen LogP contribution in [0.1, 0.15) is 31.0 Å². The van der Waals surface area contributed by atoms with Crippen LogP contribution < -0.4 is 5.32 Å². The van der Waals surface area contributed by atoms with E-state index in [0.29, 0.717) is 6.54 Å². The van der Waals surface area contributed by atoms with E-state index in [1.54, 1.807) is 0 Å². The van der Waals surface area contributed by atoms with Gasteiger partial charge >= 0.3 is 0 Å². The number of unbranched alkanes of at least 4 members (excludes halogenated alkanes) is 1. The Hall–Kier alpha value is -2.70. The normalized spacial score (nSPS) is 10.9. The molecule has 0 bridgehead atoms. The Bertz CT molecular complexity index is 942. The number of aryl methyl sites for hydroxylation is 2. The molecular formula is C25H31N3. The summed E-state index contributed by atoms with van der Waals surface area (Å²) < 4.78 is 2.31. The molecule has 1 aromatic heterocycles. The Morgan fingerprint density at radius 3 is 2.57 bits per heavy atom. The molecular weight excluding hydrogens is 342 g/mol. The first-order valence-corrected chi connectivity index (χ1v) is 10.2. The quantitative estimate of drug-likeness (QED) is 0.442. The van der Waals surface area contributed by atoms with Crippen molar-refractivity contribution in [1.29, 1.82) is 0 Å². The maximum absolute atomic E-state index is 3.35. The highest BCUT2D eigenvalue weighted by atomic mass is 15.0. The summed E-state index contributed by atoms with van der Waals surface area (Å²) in [4.78, 5) is 2.25. The molecule has 3 rings (SSSR count). The van der Waals surface area contributed by atoms with Crippen LogP contribution in [0.4, 0.5) is 5.69 Å². The second-order valence-electron chi connectivity index (χ2n) is 7.45. The molecule has 0 saturated carbocycles. The first-order chi connectivity index (χ1) is 13.7. The fourth-order valence-electron chi connectivity index (χ4n) is 3.51. The first-order valence-electron chi connectivity index (χ1n) is 10.2. The van der Waals surface area contributed by atoms with Crippen molar-refractivity contribution in [2.24, 2.45) is 0 Å². The SMILES string of the molecule is CCn1c(C#CCNc2ccccc2)cc2cc(CCCCN(C)C)ccc21. The van der Waals surface area contributed by atoms with E-state index in [1.807, 2.05) is 18.2 Å². The number of benzene rings is 2. The zero-order valence-corrected chi connectivity index (χ0v) is 17.3. The van der Waals surface area contributed by atoms with Crippen LogP contribution in [-0.2, 0) is 13.0 Å². The van der Waals surface area contributed by atoms with Crippen molar-refractivity contribution in [3.8, 4) is 11.8 Å². The van der Waals surface area contributed by atoms with Gasteiger partial charge in [-0.1, -0.05) is 30.2 Å². The number of para-hydroxylation sites is 1. The number of fused-ring (bicyclic) bond motifs is 1. The predicted molar refractivity (Wildman–Crippen MR) is 121 cm³/mol. The van der Waals surface area contributed by atoms with Gasteiger partial charge in [0, 0.05) is 23.1 Å². The van der Waals surface area contributed by atoms with Gasteiger partial charge in [-0.25, -0.2) is 0 Å². The average molecular weight is 374 g/mol. The molecule has 0 amide bonds. The van der Waals surface area contributed by atoms with Crippen LogP contribution in [0.15, 0.2) is 54.6 Å². The molecule has 146 valence electrons. The Labute approximate surface area is 169 Å². The van der Waals surface area contributed by atoms with Crippen molar-refractivity contribution in [1.82, 2.24) is 9.47 Å². The van der Waals surface area contributed by atoms with Gasteiger partial charge in [0.05, 0.1) is 12.2 Å². The Morgan fingerprint density at radius 1 is 1.00 bits per heavy atom. The molecule has 3 nitrogen and oxygen atoms in total. The second-order valence-corrected chi connectivity index (χ2v) is 7.45. The molecule has 0 unspecified atom stereocenters. The number of rotatable bonds is 8. The summed E-state index contributed by atoms with van der Waals surface area (Å²) in [5, 5.41) is 4.64. The Balaban J connectivity index is 1.68. The minimum absolute atomic E-state index is 0.645. The molecule has 0 aliphatic rings. The van der Waals surface area contributed by atoms with Gasteiger partial charge in [-0.15, -0.1) is 0 Å². The minimum atomic E-state index is 0.645. The number of hydrogen-bond acceptors (Lipinski definition) is 2. The molecule has 0 fully saturated rings. The van der Waals surface area contributed by atoms with E-state index in [4.69, 9.17) is 0 Å². The smallest absolute Gasteiger partial charge is 0.0931 e. The lowest BCUT2D eigenvalue weighted by Crippen LogP contribution is -2.12. The molecule has 28 heavy (non-hydrogen) atoms. The number of aromatic nitrogens is 1. The van der Waals surface area contributed by atoms with Crippen LogP contribution >= 0.6 is 0 Å². The molecule has 2 aromatic carbocycles. The molecule has 0 saturated heterocycles. The summed E-state index contributed by atoms with van der Waals surface area (Å²) in [6.45, 7) is 4.92. The molecule has 0 atom stereocenters. The maximum Gasteiger partial charge on any atom is 0.0931 e. The highest BCUT2D eigenvalue weighted by Gasteiger charge is 2.06. The lowest BCUT2D eigenvalue weighted by Gasteiger charge is -2.09. The largest absolute Gasteiger partial charge is 0.374 e. The number of anilines is 1. The standard InChI is InChI=1S/C25H31N3/c1-4-28-24(14-10-17-26-23-12-6-5-7-13-23)20-22-19-21(15-16-25(22)28)11-8-9-18-27(2)3/h5-7,12-13,15-16,19-20,26H,4,8-9,11,17-18H2,1-3H3. The van der Waals surface area contributed by atoms with Crippen molar-refractivity contribution in [3.63, 3.8) is 0 Å². The minimum Gasteiger partial charge on any atom is -0.374 e. The third kappa shape index (κ3) is 5.41. The molecule has 3 heteroatoms. The topological polar surface area (TPSA) is 20.2 Å². The third-order valence-corrected chi connectivity index (χ3v) is 4.97. The van der Waals surface area contributed by atoms with Gasteiger partial charge in [0.25, 0.3) is 0 Å². The second kappa shape index (κ2) is 10.0. The van der Waals surface area contributed by atoms with Gasteiger partial charge in [-0.05, 0) is 88.6 Å². The molecule has 0 aliphatic carbocycles. The molecule has 0 spiro atoms. The molecule has 0 aliphatic heterocycles. The van der Waals surface area contributed by atoms with E-state index in [2.05, 4.69) is 84.0 Å². The van der Waals surface area contributed by atoms with E-state index in [0.717, 1.165) is 30.9 Å². The predicted octanol–water partition coefficient (Wildman–Crippen LogP) is 5.01. The van der Waals surface area contributed by atoms with Crippen LogP contribution in [0.2, 0.25) is 0 Å². The summed E-state index contributed by atoms with van der Waals surface area (Å²) in [5.74, 6) is 6.62. The molecule has 1 heterocycles. The van der Waals surface area contributed by atoms with Crippen molar-refractivity contribution < 1.29 is 0 Å². The van der Waals surface area contributed by atoms with Crippen LogP contribution in [0.5, 0.6) is 0 Å². The van der Waals surface area contributed by atoms with Gasteiger partial charge in [0.1, 0.15) is 0 Å². The summed E-state index contributed by atoms with van der Waals surface area (Å²) in [6.07, 6.45) is 3.62. The van der Waals surface area contributed by atoms with Gasteiger partial charge in [0.2, 0.25) is 0 Å². The summed E-state index contributed by atoms with van der Waals surface area (Å²) >= 11 is 0. The number of hydrogen-bond donors (Lipinski definition) is 1. The van der Waals surface area contributed by atoms with Gasteiger partial charge in [-0.3, -0.25) is 0 Å². The van der Waals surface area contributed by atoms with E-state index in [1.165, 1.54) is 29.3 Å². The monoisotopic (exact) mass is 373 g/mol. The van der Waals surface area contributed by atoms with E-state index in [9.17, 15) is 0 Å². The van der Waals surface area contributed by atoms with Crippen LogP contribution in [-0.4, -0.2) is 36.7 Å². The van der Waals surface area contributed by atoms with Crippen LogP contribution in [0.3, 0.4) is 0 Å². The van der Waals surface area contributed by atoms with Crippen molar-refractivity contribution >= 4 is 16.6 Å². The fraction of sp³-hybridized carbons (Fsp3) is 0.360. The summed E-state index contributed by atoms with van der Waals surface area (Å²) in [5.41, 5.74) is 4.90. The van der Waals surface area contributed by atoms with Gasteiger partial charge in [0.15, 0.2) is 0 Å². The Morgan fingerprint density at radius 2 is 1.82 bits per heavy atom. The molecule has 1 N–H and O–H groups in total. The number of nitrogens with zero attached hydrogens (tertiary/aromatic N) is 2. The average Bonchev–Trinajstić information content (AvgIpc) is 3.06. The highest BCUT2D eigenvalue weighted by Crippen LogP contribution is 2.22. The van der Waals surface area contributed by atoms with Crippen LogP contribution in [0.25, 0.3) is 10.9 Å². The summed E-state index contributed by atoms with van der Waals surface area (Å²) in [6, 6.07) is 19.3. The maximum atomic E-state index is 3.35. The number of nitrogens with one attached hydrogen (secondary N) is 1. The zero-order valence-electron chi connectivity index (χ0n) is 17.3. The highest BCUT2D eigenvalue weighted by molar-refractivity contribution is 5.83. The van der Waals surface area contributed by atoms with E-state index >= 15 is 0 Å². The van der Waals surface area contributed by atoms with Crippen molar-refractivity contribution in [2.45, 2.75) is 32.7 Å². The van der Waals surface area contributed by atoms with E-state index in [-0.39, 0.29) is 0 Å². The van der Waals surface area contributed by atoms with Crippen molar-refractivity contribution in [3.05, 3.63) is 65.9 Å².